The van der Waals surface area contributed by atoms with Crippen LogP contribution >= 0.6 is 11.3 Å². The van der Waals surface area contributed by atoms with Crippen LogP contribution < -0.4 is 5.32 Å². The minimum absolute atomic E-state index is 0.199. The van der Waals surface area contributed by atoms with Crippen molar-refractivity contribution in [2.45, 2.75) is 13.3 Å². The second-order valence-corrected chi connectivity index (χ2v) is 5.01. The highest BCUT2D eigenvalue weighted by molar-refractivity contribution is 7.15. The highest BCUT2D eigenvalue weighted by Gasteiger charge is 2.10. The minimum atomic E-state index is -0.199. The third-order valence-corrected chi connectivity index (χ3v) is 3.66. The molecule has 0 fully saturated rings. The lowest BCUT2D eigenvalue weighted by Gasteiger charge is -2.00. The average Bonchev–Trinajstić information content (AvgIpc) is 3.05. The number of amides is 1. The van der Waals surface area contributed by atoms with E-state index in [9.17, 15) is 4.79 Å². The molecule has 0 aliphatic heterocycles. The third-order valence-electron chi connectivity index (χ3n) is 2.67. The number of aromatic amines is 1. The Morgan fingerprint density at radius 3 is 3.11 bits per heavy atom. The van der Waals surface area contributed by atoms with E-state index in [1.807, 2.05) is 6.92 Å². The van der Waals surface area contributed by atoms with Gasteiger partial charge < -0.3 is 4.98 Å². The number of fused-ring (bicyclic) bond motifs is 1. The molecule has 1 aromatic carbocycles. The fraction of sp³-hybridized carbons (Fsp3) is 0.167. The molecule has 0 saturated carbocycles. The molecule has 6 nitrogen and oxygen atoms in total. The van der Waals surface area contributed by atoms with Gasteiger partial charge in [0, 0.05) is 5.56 Å². The molecule has 3 aromatic rings. The summed E-state index contributed by atoms with van der Waals surface area (Å²) in [6.07, 6.45) is 2.41. The monoisotopic (exact) mass is 273 g/mol. The maximum Gasteiger partial charge on any atom is 0.257 e. The van der Waals surface area contributed by atoms with Crippen LogP contribution in [0.25, 0.3) is 11.0 Å². The second kappa shape index (κ2) is 4.77. The Kier molecular flexibility index (Phi) is 2.96. The van der Waals surface area contributed by atoms with E-state index in [4.69, 9.17) is 0 Å². The molecular formula is C12H11N5OS. The molecule has 0 atom stereocenters. The Hall–Kier alpha value is -2.28. The van der Waals surface area contributed by atoms with Gasteiger partial charge in [-0.15, -0.1) is 10.2 Å². The lowest BCUT2D eigenvalue weighted by atomic mass is 10.2. The van der Waals surface area contributed by atoms with Crippen LogP contribution in [0.2, 0.25) is 0 Å². The standard InChI is InChI=1S/C12H11N5OS/c1-2-10-16-17-12(19-10)15-11(18)7-3-4-8-9(5-7)14-6-13-8/h3-6H,2H2,1H3,(H,13,14)(H,15,17,18). The predicted octanol–water partition coefficient (Wildman–Crippen LogP) is 2.23. The van der Waals surface area contributed by atoms with E-state index in [0.717, 1.165) is 22.5 Å². The summed E-state index contributed by atoms with van der Waals surface area (Å²) in [4.78, 5) is 19.2. The van der Waals surface area contributed by atoms with Gasteiger partial charge in [0.15, 0.2) is 0 Å². The maximum atomic E-state index is 12.1. The van der Waals surface area contributed by atoms with E-state index in [0.29, 0.717) is 10.7 Å². The Morgan fingerprint density at radius 1 is 1.42 bits per heavy atom. The maximum absolute atomic E-state index is 12.1. The van der Waals surface area contributed by atoms with Crippen molar-refractivity contribution in [3.05, 3.63) is 35.1 Å². The molecule has 0 aliphatic carbocycles. The van der Waals surface area contributed by atoms with E-state index in [2.05, 4.69) is 25.5 Å². The topological polar surface area (TPSA) is 83.6 Å². The number of nitrogens with one attached hydrogen (secondary N) is 2. The van der Waals surface area contributed by atoms with Gasteiger partial charge in [-0.3, -0.25) is 10.1 Å². The average molecular weight is 273 g/mol. The van der Waals surface area contributed by atoms with Gasteiger partial charge in [0.1, 0.15) is 5.01 Å². The number of carbonyl (C=O) groups excluding carboxylic acids is 1. The van der Waals surface area contributed by atoms with Gasteiger partial charge in [0.2, 0.25) is 5.13 Å². The van der Waals surface area contributed by atoms with Crippen molar-refractivity contribution in [3.63, 3.8) is 0 Å². The summed E-state index contributed by atoms with van der Waals surface area (Å²) in [5.74, 6) is -0.199. The summed E-state index contributed by atoms with van der Waals surface area (Å²) in [6.45, 7) is 2.00. The van der Waals surface area contributed by atoms with Gasteiger partial charge in [-0.1, -0.05) is 18.3 Å². The summed E-state index contributed by atoms with van der Waals surface area (Å²) in [5, 5.41) is 12.0. The zero-order valence-electron chi connectivity index (χ0n) is 10.2. The van der Waals surface area contributed by atoms with E-state index in [1.165, 1.54) is 11.3 Å². The third kappa shape index (κ3) is 2.32. The molecule has 96 valence electrons. The van der Waals surface area contributed by atoms with Crippen molar-refractivity contribution in [2.24, 2.45) is 0 Å². The van der Waals surface area contributed by atoms with E-state index in [-0.39, 0.29) is 5.91 Å². The number of aromatic nitrogens is 4. The van der Waals surface area contributed by atoms with Crippen LogP contribution in [0.3, 0.4) is 0 Å². The number of anilines is 1. The first kappa shape index (κ1) is 11.8. The normalized spacial score (nSPS) is 10.8. The molecule has 0 bridgehead atoms. The molecule has 0 saturated heterocycles. The van der Waals surface area contributed by atoms with Crippen molar-refractivity contribution in [1.29, 1.82) is 0 Å². The van der Waals surface area contributed by atoms with Crippen molar-refractivity contribution in [1.82, 2.24) is 20.2 Å². The van der Waals surface area contributed by atoms with Gasteiger partial charge in [-0.2, -0.15) is 0 Å². The summed E-state index contributed by atoms with van der Waals surface area (Å²) in [7, 11) is 0. The number of hydrogen-bond donors (Lipinski definition) is 2. The van der Waals surface area contributed by atoms with Crippen LogP contribution in [-0.4, -0.2) is 26.1 Å². The van der Waals surface area contributed by atoms with Gasteiger partial charge in [0.25, 0.3) is 5.91 Å². The molecule has 7 heteroatoms. The number of rotatable bonds is 3. The molecule has 2 N–H and O–H groups in total. The zero-order chi connectivity index (χ0) is 13.2. The number of nitrogens with zero attached hydrogens (tertiary/aromatic N) is 3. The van der Waals surface area contributed by atoms with Gasteiger partial charge in [-0.05, 0) is 24.6 Å². The van der Waals surface area contributed by atoms with Crippen LogP contribution in [-0.2, 0) is 6.42 Å². The van der Waals surface area contributed by atoms with Crippen LogP contribution in [0, 0.1) is 0 Å². The Bertz CT molecular complexity index is 732. The number of carbonyl (C=O) groups is 1. The lowest BCUT2D eigenvalue weighted by Crippen LogP contribution is -2.11. The lowest BCUT2D eigenvalue weighted by molar-refractivity contribution is 0.102. The fourth-order valence-electron chi connectivity index (χ4n) is 1.69. The number of aryl methyl sites for hydroxylation is 1. The van der Waals surface area contributed by atoms with Gasteiger partial charge in [-0.25, -0.2) is 4.98 Å². The Labute approximate surface area is 112 Å². The number of H-pyrrole nitrogens is 1. The Morgan fingerprint density at radius 2 is 2.32 bits per heavy atom. The van der Waals surface area contributed by atoms with E-state index in [1.54, 1.807) is 24.5 Å². The summed E-state index contributed by atoms with van der Waals surface area (Å²) in [6, 6.07) is 5.30. The van der Waals surface area contributed by atoms with Gasteiger partial charge >= 0.3 is 0 Å². The smallest absolute Gasteiger partial charge is 0.257 e. The fourth-order valence-corrected chi connectivity index (χ4v) is 2.37. The van der Waals surface area contributed by atoms with E-state index >= 15 is 0 Å². The number of benzene rings is 1. The SMILES string of the molecule is CCc1nnc(NC(=O)c2ccc3nc[nH]c3c2)s1. The molecule has 19 heavy (non-hydrogen) atoms. The summed E-state index contributed by atoms with van der Waals surface area (Å²) in [5.41, 5.74) is 2.23. The molecule has 0 aliphatic rings. The first-order valence-corrected chi connectivity index (χ1v) is 6.65. The van der Waals surface area contributed by atoms with Gasteiger partial charge in [0.05, 0.1) is 17.4 Å². The number of imidazole rings is 1. The first-order valence-electron chi connectivity index (χ1n) is 5.83. The van der Waals surface area contributed by atoms with Crippen LogP contribution in [0.4, 0.5) is 5.13 Å². The second-order valence-electron chi connectivity index (χ2n) is 3.94. The minimum Gasteiger partial charge on any atom is -0.345 e. The summed E-state index contributed by atoms with van der Waals surface area (Å²) >= 11 is 1.39. The van der Waals surface area contributed by atoms with Crippen molar-refractivity contribution in [2.75, 3.05) is 5.32 Å². The molecule has 2 heterocycles. The highest BCUT2D eigenvalue weighted by atomic mass is 32.1. The summed E-state index contributed by atoms with van der Waals surface area (Å²) < 4.78 is 0. The molecule has 2 aromatic heterocycles. The molecule has 0 unspecified atom stereocenters. The van der Waals surface area contributed by atoms with Crippen LogP contribution in [0.5, 0.6) is 0 Å². The first-order chi connectivity index (χ1) is 9.26. The van der Waals surface area contributed by atoms with Crippen LogP contribution in [0.1, 0.15) is 22.3 Å². The largest absolute Gasteiger partial charge is 0.345 e. The van der Waals surface area contributed by atoms with Crippen LogP contribution in [0.15, 0.2) is 24.5 Å². The zero-order valence-corrected chi connectivity index (χ0v) is 11.0. The Balaban J connectivity index is 1.82. The van der Waals surface area contributed by atoms with E-state index < -0.39 is 0 Å². The van der Waals surface area contributed by atoms with Crippen molar-refractivity contribution in [3.8, 4) is 0 Å². The molecule has 3 rings (SSSR count). The predicted molar refractivity (Wildman–Crippen MR) is 73.3 cm³/mol. The molecule has 1 amide bonds. The quantitative estimate of drug-likeness (QED) is 0.766. The number of hydrogen-bond acceptors (Lipinski definition) is 5. The highest BCUT2D eigenvalue weighted by Crippen LogP contribution is 2.17. The van der Waals surface area contributed by atoms with Crippen molar-refractivity contribution >= 4 is 33.4 Å². The molecule has 0 radical (unpaired) electrons. The molecule has 0 spiro atoms. The van der Waals surface area contributed by atoms with Crippen molar-refractivity contribution < 1.29 is 4.79 Å². The molecular weight excluding hydrogens is 262 g/mol.